The van der Waals surface area contributed by atoms with Gasteiger partial charge in [-0.1, -0.05) is 50.6 Å². The van der Waals surface area contributed by atoms with Crippen molar-refractivity contribution in [3.05, 3.63) is 70.3 Å². The van der Waals surface area contributed by atoms with Crippen LogP contribution < -0.4 is 14.4 Å². The number of nitrogens with one attached hydrogen (secondary N) is 1. The zero-order valence-electron chi connectivity index (χ0n) is 28.3. The van der Waals surface area contributed by atoms with Gasteiger partial charge in [0.25, 0.3) is 5.91 Å². The lowest BCUT2D eigenvalue weighted by Crippen LogP contribution is -2.52. The zero-order chi connectivity index (χ0) is 33.9. The van der Waals surface area contributed by atoms with Crippen LogP contribution in [0.2, 0.25) is 5.02 Å². The van der Waals surface area contributed by atoms with Crippen LogP contribution in [-0.2, 0) is 32.6 Å². The predicted molar refractivity (Wildman–Crippen MR) is 187 cm³/mol. The van der Waals surface area contributed by atoms with Gasteiger partial charge in [-0.3, -0.25) is 9.59 Å². The number of sulfonamides is 1. The van der Waals surface area contributed by atoms with Crippen LogP contribution in [0, 0.1) is 23.7 Å². The van der Waals surface area contributed by atoms with Crippen molar-refractivity contribution >= 4 is 39.0 Å². The molecule has 5 atom stereocenters. The number of anilines is 1. The van der Waals surface area contributed by atoms with Crippen molar-refractivity contribution < 1.29 is 27.5 Å². The summed E-state index contributed by atoms with van der Waals surface area (Å²) >= 11 is 6.35. The molecule has 256 valence electrons. The molecule has 8 nitrogen and oxygen atoms in total. The Morgan fingerprint density at radius 2 is 1.91 bits per heavy atom. The number of hydrogen-bond donors (Lipinski definition) is 1. The first-order chi connectivity index (χ1) is 22.3. The number of ketones is 1. The second-order valence-corrected chi connectivity index (χ2v) is 16.5. The number of carbonyl (C=O) groups is 2. The summed E-state index contributed by atoms with van der Waals surface area (Å²) < 4.78 is 41.9. The maximum absolute atomic E-state index is 13.5. The van der Waals surface area contributed by atoms with E-state index >= 15 is 0 Å². The lowest BCUT2D eigenvalue weighted by molar-refractivity contribution is -0.133. The van der Waals surface area contributed by atoms with Gasteiger partial charge in [-0.15, -0.1) is 0 Å². The summed E-state index contributed by atoms with van der Waals surface area (Å²) in [5.41, 5.74) is 2.43. The maximum atomic E-state index is 13.5. The number of Topliss-reactive ketones (excluding diaryl/α,β-unsaturated/α-hetero) is 1. The number of allylic oxidation sites excluding steroid dienone is 1. The van der Waals surface area contributed by atoms with Crippen LogP contribution in [0.25, 0.3) is 0 Å². The highest BCUT2D eigenvalue weighted by Gasteiger charge is 2.48. The molecule has 0 aromatic heterocycles. The molecule has 1 saturated carbocycles. The van der Waals surface area contributed by atoms with Gasteiger partial charge in [0.15, 0.2) is 0 Å². The van der Waals surface area contributed by atoms with E-state index in [1.807, 2.05) is 51.1 Å². The molecule has 2 heterocycles. The molecule has 3 aliphatic rings. The van der Waals surface area contributed by atoms with Crippen LogP contribution in [0.15, 0.2) is 48.6 Å². The molecule has 1 amide bonds. The van der Waals surface area contributed by atoms with E-state index in [2.05, 4.69) is 9.62 Å². The molecule has 0 saturated heterocycles. The molecule has 1 aliphatic carbocycles. The molecule has 2 aromatic carbocycles. The molecule has 5 rings (SSSR count). The number of nitrogens with zero attached hydrogens (tertiary/aromatic N) is 1. The minimum absolute atomic E-state index is 0.0937. The number of ether oxygens (including phenoxy) is 2. The molecule has 0 radical (unpaired) electrons. The largest absolute Gasteiger partial charge is 0.487 e. The molecule has 1 N–H and O–H groups in total. The Labute approximate surface area is 285 Å². The lowest BCUT2D eigenvalue weighted by Gasteiger charge is -2.50. The summed E-state index contributed by atoms with van der Waals surface area (Å²) in [4.78, 5) is 29.0. The van der Waals surface area contributed by atoms with E-state index in [9.17, 15) is 18.0 Å². The fraction of sp³-hybridized carbons (Fsp3) is 0.568. The van der Waals surface area contributed by atoms with Gasteiger partial charge in [-0.2, -0.15) is 0 Å². The fourth-order valence-electron chi connectivity index (χ4n) is 7.14. The van der Waals surface area contributed by atoms with Crippen LogP contribution >= 0.6 is 11.6 Å². The second-order valence-electron chi connectivity index (χ2n) is 14.0. The Balaban J connectivity index is 1.59. The van der Waals surface area contributed by atoms with Crippen LogP contribution in [0.4, 0.5) is 5.69 Å². The third-order valence-corrected chi connectivity index (χ3v) is 12.8. The summed E-state index contributed by atoms with van der Waals surface area (Å²) in [5.74, 6) is 0.0175. The summed E-state index contributed by atoms with van der Waals surface area (Å²) in [6.45, 7) is 9.07. The van der Waals surface area contributed by atoms with Gasteiger partial charge < -0.3 is 14.4 Å². The number of rotatable bonds is 4. The smallest absolute Gasteiger partial charge is 0.264 e. The Bertz CT molecular complexity index is 1610. The molecule has 2 aromatic rings. The molecule has 0 spiro atoms. The SMILES string of the molecule is CO[C@]1(CC(=O)C(C)C)/C=C/C[C@H](C)[C@@H](C)S(=O)(=O)NC(=O)c2ccc3c(c2)N(CCCCc2cc(Cl)ccc2CO3)C[C@@H]2CC[C@H]21. The second kappa shape index (κ2) is 14.7. The first-order valence-electron chi connectivity index (χ1n) is 16.9. The third kappa shape index (κ3) is 7.89. The van der Waals surface area contributed by atoms with Crippen LogP contribution in [-0.4, -0.2) is 51.2 Å². The summed E-state index contributed by atoms with van der Waals surface area (Å²) in [6.07, 6.45) is 9.34. The molecule has 47 heavy (non-hydrogen) atoms. The summed E-state index contributed by atoms with van der Waals surface area (Å²) in [7, 11) is -2.30. The number of benzene rings is 2. The first-order valence-corrected chi connectivity index (χ1v) is 18.9. The highest BCUT2D eigenvalue weighted by Crippen LogP contribution is 2.48. The number of carbonyl (C=O) groups excluding carboxylic acids is 2. The predicted octanol–water partition coefficient (Wildman–Crippen LogP) is 7.13. The van der Waals surface area contributed by atoms with E-state index in [0.29, 0.717) is 36.9 Å². The number of amides is 1. The maximum Gasteiger partial charge on any atom is 0.264 e. The van der Waals surface area contributed by atoms with Crippen LogP contribution in [0.3, 0.4) is 0 Å². The Kier molecular flexibility index (Phi) is 11.1. The molecular weight excluding hydrogens is 636 g/mol. The average Bonchev–Trinajstić information content (AvgIpc) is 3.04. The topological polar surface area (TPSA) is 102 Å². The van der Waals surface area contributed by atoms with E-state index < -0.39 is 26.8 Å². The molecule has 2 bridgehead atoms. The normalized spacial score (nSPS) is 28.8. The van der Waals surface area contributed by atoms with Crippen LogP contribution in [0.1, 0.15) is 87.7 Å². The minimum atomic E-state index is -3.98. The highest BCUT2D eigenvalue weighted by atomic mass is 35.5. The van der Waals surface area contributed by atoms with E-state index in [-0.39, 0.29) is 41.4 Å². The van der Waals surface area contributed by atoms with Gasteiger partial charge in [-0.05, 0) is 105 Å². The lowest BCUT2D eigenvalue weighted by atomic mass is 9.62. The van der Waals surface area contributed by atoms with Crippen molar-refractivity contribution in [1.29, 1.82) is 0 Å². The van der Waals surface area contributed by atoms with Gasteiger partial charge in [0.05, 0.1) is 16.5 Å². The molecule has 0 unspecified atom stereocenters. The van der Waals surface area contributed by atoms with Crippen molar-refractivity contribution in [3.63, 3.8) is 0 Å². The average molecular weight is 685 g/mol. The van der Waals surface area contributed by atoms with E-state index in [1.165, 1.54) is 0 Å². The summed E-state index contributed by atoms with van der Waals surface area (Å²) in [5, 5.41) is -0.134. The molecule has 2 aliphatic heterocycles. The zero-order valence-corrected chi connectivity index (χ0v) is 29.8. The van der Waals surface area contributed by atoms with Gasteiger partial charge in [0, 0.05) is 43.1 Å². The van der Waals surface area contributed by atoms with Gasteiger partial charge in [-0.25, -0.2) is 13.1 Å². The first kappa shape index (κ1) is 35.4. The van der Waals surface area contributed by atoms with Gasteiger partial charge in [0.1, 0.15) is 18.1 Å². The monoisotopic (exact) mass is 684 g/mol. The molecule has 10 heteroatoms. The van der Waals surface area contributed by atoms with E-state index in [1.54, 1.807) is 32.2 Å². The highest BCUT2D eigenvalue weighted by molar-refractivity contribution is 7.90. The van der Waals surface area contributed by atoms with Crippen molar-refractivity contribution in [3.8, 4) is 5.75 Å². The summed E-state index contributed by atoms with van der Waals surface area (Å²) in [6, 6.07) is 11.0. The van der Waals surface area contributed by atoms with Crippen molar-refractivity contribution in [2.75, 3.05) is 25.1 Å². The van der Waals surface area contributed by atoms with Crippen molar-refractivity contribution in [2.24, 2.45) is 23.7 Å². The van der Waals surface area contributed by atoms with E-state index in [0.717, 1.165) is 48.9 Å². The van der Waals surface area contributed by atoms with Gasteiger partial charge in [0.2, 0.25) is 10.0 Å². The third-order valence-electron chi connectivity index (χ3n) is 10.6. The Morgan fingerprint density at radius 3 is 2.62 bits per heavy atom. The molecule has 1 fully saturated rings. The Hall–Kier alpha value is -2.88. The standard InChI is InChI=1S/C37H49ClN2O6S/c1-24(2)34(41)21-37(45-5)17-8-9-25(3)26(4)47(43,44)39-36(42)28-13-16-35-33(20-28)40(22-29-12-15-32(29)37)18-7-6-10-27-19-31(38)14-11-30(27)23-46-35/h8,11,13-14,16-17,19-20,24-26,29,32H,6-7,9-10,12,15,18,21-23H2,1-5H3,(H,39,42)/b17-8+/t25-,26+,29-,32+,37-/m0/s1. The Morgan fingerprint density at radius 1 is 1.13 bits per heavy atom. The van der Waals surface area contributed by atoms with Crippen molar-refractivity contribution in [1.82, 2.24) is 4.72 Å². The van der Waals surface area contributed by atoms with Crippen molar-refractivity contribution in [2.45, 2.75) is 90.1 Å². The van der Waals surface area contributed by atoms with Gasteiger partial charge >= 0.3 is 0 Å². The number of halogens is 1. The fourth-order valence-corrected chi connectivity index (χ4v) is 8.62. The quantitative estimate of drug-likeness (QED) is 0.342. The van der Waals surface area contributed by atoms with Crippen LogP contribution in [0.5, 0.6) is 5.75 Å². The number of hydrogen-bond acceptors (Lipinski definition) is 7. The number of methoxy groups -OCH3 is 1. The number of aryl methyl sites for hydroxylation is 1. The minimum Gasteiger partial charge on any atom is -0.487 e. The number of fused-ring (bicyclic) bond motifs is 3. The van der Waals surface area contributed by atoms with E-state index in [4.69, 9.17) is 21.1 Å². The molecular formula is C37H49ClN2O6S.